The summed E-state index contributed by atoms with van der Waals surface area (Å²) in [7, 11) is 0. The molecule has 0 aliphatic carbocycles. The van der Waals surface area contributed by atoms with E-state index in [4.69, 9.17) is 16.0 Å². The third kappa shape index (κ3) is 3.64. The van der Waals surface area contributed by atoms with Gasteiger partial charge < -0.3 is 9.73 Å². The van der Waals surface area contributed by atoms with Crippen molar-refractivity contribution in [3.05, 3.63) is 65.4 Å². The second kappa shape index (κ2) is 6.90. The van der Waals surface area contributed by atoms with Crippen LogP contribution in [-0.4, -0.2) is 18.2 Å². The predicted molar refractivity (Wildman–Crippen MR) is 90.7 cm³/mol. The summed E-state index contributed by atoms with van der Waals surface area (Å²) in [5.74, 6) is 0.907. The van der Waals surface area contributed by atoms with Gasteiger partial charge in [0.15, 0.2) is 5.76 Å². The Bertz CT molecular complexity index is 786. The summed E-state index contributed by atoms with van der Waals surface area (Å²) in [6.45, 7) is 0.580. The first-order chi connectivity index (χ1) is 10.7. The van der Waals surface area contributed by atoms with E-state index in [2.05, 4.69) is 17.4 Å². The Labute approximate surface area is 137 Å². The van der Waals surface area contributed by atoms with Crippen molar-refractivity contribution in [3.63, 3.8) is 0 Å². The number of nitrogens with one attached hydrogen (secondary N) is 1. The lowest BCUT2D eigenvalue weighted by molar-refractivity contribution is 0.0930. The summed E-state index contributed by atoms with van der Waals surface area (Å²) in [6, 6.07) is 17.1. The third-order valence-corrected chi connectivity index (χ3v) is 4.35. The summed E-state index contributed by atoms with van der Waals surface area (Å²) in [4.78, 5) is 13.3. The van der Waals surface area contributed by atoms with Crippen LogP contribution in [-0.2, 0) is 0 Å². The molecule has 0 saturated carbocycles. The minimum absolute atomic E-state index is 0.207. The van der Waals surface area contributed by atoms with Crippen molar-refractivity contribution < 1.29 is 9.21 Å². The van der Waals surface area contributed by atoms with E-state index in [0.717, 1.165) is 11.1 Å². The zero-order valence-corrected chi connectivity index (χ0v) is 13.3. The standard InChI is InChI=1S/C17H14ClNO2S/c18-13-6-7-15-12(10-13)11-16(21-15)17(20)19-8-9-22-14-4-2-1-3-5-14/h1-7,10-11H,8-9H2,(H,19,20). The molecule has 0 atom stereocenters. The van der Waals surface area contributed by atoms with Crippen molar-refractivity contribution in [3.8, 4) is 0 Å². The molecule has 2 aromatic carbocycles. The fraction of sp³-hybridized carbons (Fsp3) is 0.118. The highest BCUT2D eigenvalue weighted by atomic mass is 35.5. The fourth-order valence-electron chi connectivity index (χ4n) is 2.06. The third-order valence-electron chi connectivity index (χ3n) is 3.10. The van der Waals surface area contributed by atoms with Gasteiger partial charge in [0.05, 0.1) is 0 Å². The van der Waals surface area contributed by atoms with Crippen LogP contribution in [0.1, 0.15) is 10.6 Å². The lowest BCUT2D eigenvalue weighted by Crippen LogP contribution is -2.25. The number of rotatable bonds is 5. The van der Waals surface area contributed by atoms with Crippen LogP contribution in [0.25, 0.3) is 11.0 Å². The lowest BCUT2D eigenvalue weighted by Gasteiger charge is -2.03. The van der Waals surface area contributed by atoms with Gasteiger partial charge in [0.25, 0.3) is 5.91 Å². The molecule has 1 heterocycles. The highest BCUT2D eigenvalue weighted by Gasteiger charge is 2.11. The molecule has 5 heteroatoms. The zero-order chi connectivity index (χ0) is 15.4. The van der Waals surface area contributed by atoms with Crippen LogP contribution < -0.4 is 5.32 Å². The molecule has 1 amide bonds. The van der Waals surface area contributed by atoms with Gasteiger partial charge in [-0.15, -0.1) is 11.8 Å². The van der Waals surface area contributed by atoms with Gasteiger partial charge >= 0.3 is 0 Å². The fourth-order valence-corrected chi connectivity index (χ4v) is 3.03. The first-order valence-electron chi connectivity index (χ1n) is 6.87. The molecule has 3 rings (SSSR count). The molecule has 0 aliphatic rings. The maximum atomic E-state index is 12.1. The first kappa shape index (κ1) is 15.0. The van der Waals surface area contributed by atoms with Gasteiger partial charge in [-0.05, 0) is 36.4 Å². The van der Waals surface area contributed by atoms with Crippen LogP contribution in [0.4, 0.5) is 0 Å². The Kier molecular flexibility index (Phi) is 4.71. The molecule has 3 nitrogen and oxygen atoms in total. The number of carbonyl (C=O) groups excluding carboxylic acids is 1. The molecular formula is C17H14ClNO2S. The number of fused-ring (bicyclic) bond motifs is 1. The molecule has 0 radical (unpaired) electrons. The molecule has 1 N–H and O–H groups in total. The highest BCUT2D eigenvalue weighted by molar-refractivity contribution is 7.99. The molecule has 0 spiro atoms. The number of hydrogen-bond donors (Lipinski definition) is 1. The number of hydrogen-bond acceptors (Lipinski definition) is 3. The zero-order valence-electron chi connectivity index (χ0n) is 11.7. The minimum atomic E-state index is -0.207. The molecular weight excluding hydrogens is 318 g/mol. The van der Waals surface area contributed by atoms with Crippen molar-refractivity contribution >= 4 is 40.2 Å². The molecule has 22 heavy (non-hydrogen) atoms. The van der Waals surface area contributed by atoms with Gasteiger partial charge in [0.2, 0.25) is 0 Å². The van der Waals surface area contributed by atoms with Crippen LogP contribution in [0.3, 0.4) is 0 Å². The Hall–Kier alpha value is -1.91. The monoisotopic (exact) mass is 331 g/mol. The number of halogens is 1. The van der Waals surface area contributed by atoms with E-state index < -0.39 is 0 Å². The molecule has 0 aliphatic heterocycles. The number of amides is 1. The number of furan rings is 1. The van der Waals surface area contributed by atoms with Gasteiger partial charge in [-0.1, -0.05) is 29.8 Å². The molecule has 0 saturated heterocycles. The summed E-state index contributed by atoms with van der Waals surface area (Å²) >= 11 is 7.62. The molecule has 1 aromatic heterocycles. The average molecular weight is 332 g/mol. The van der Waals surface area contributed by atoms with Gasteiger partial charge in [-0.2, -0.15) is 0 Å². The Morgan fingerprint density at radius 1 is 1.14 bits per heavy atom. The van der Waals surface area contributed by atoms with Crippen LogP contribution in [0.15, 0.2) is 63.9 Å². The van der Waals surface area contributed by atoms with E-state index in [9.17, 15) is 4.79 Å². The van der Waals surface area contributed by atoms with Crippen LogP contribution in [0.5, 0.6) is 0 Å². The smallest absolute Gasteiger partial charge is 0.287 e. The van der Waals surface area contributed by atoms with Crippen LogP contribution in [0.2, 0.25) is 5.02 Å². The van der Waals surface area contributed by atoms with E-state index in [1.165, 1.54) is 4.90 Å². The molecule has 3 aromatic rings. The van der Waals surface area contributed by atoms with E-state index >= 15 is 0 Å². The Morgan fingerprint density at radius 2 is 1.95 bits per heavy atom. The van der Waals surface area contributed by atoms with Crippen LogP contribution >= 0.6 is 23.4 Å². The van der Waals surface area contributed by atoms with Gasteiger partial charge in [0.1, 0.15) is 5.58 Å². The SMILES string of the molecule is O=C(NCCSc1ccccc1)c1cc2cc(Cl)ccc2o1. The van der Waals surface area contributed by atoms with E-state index in [-0.39, 0.29) is 5.91 Å². The molecule has 112 valence electrons. The van der Waals surface area contributed by atoms with E-state index in [1.54, 1.807) is 36.0 Å². The van der Waals surface area contributed by atoms with Gasteiger partial charge in [-0.25, -0.2) is 0 Å². The van der Waals surface area contributed by atoms with E-state index in [1.807, 2.05) is 18.2 Å². The second-order valence-electron chi connectivity index (χ2n) is 4.71. The summed E-state index contributed by atoms with van der Waals surface area (Å²) in [5.41, 5.74) is 0.660. The summed E-state index contributed by atoms with van der Waals surface area (Å²) in [6.07, 6.45) is 0. The predicted octanol–water partition coefficient (Wildman–Crippen LogP) is 4.61. The topological polar surface area (TPSA) is 42.2 Å². The first-order valence-corrected chi connectivity index (χ1v) is 8.24. The molecule has 0 fully saturated rings. The van der Waals surface area contributed by atoms with Gasteiger partial charge in [0, 0.05) is 27.6 Å². The van der Waals surface area contributed by atoms with Crippen molar-refractivity contribution in [2.75, 3.05) is 12.3 Å². The number of thioether (sulfide) groups is 1. The van der Waals surface area contributed by atoms with Crippen molar-refractivity contribution in [2.24, 2.45) is 0 Å². The van der Waals surface area contributed by atoms with Crippen LogP contribution in [0, 0.1) is 0 Å². The Morgan fingerprint density at radius 3 is 2.77 bits per heavy atom. The van der Waals surface area contributed by atoms with Crippen molar-refractivity contribution in [1.82, 2.24) is 5.32 Å². The summed E-state index contributed by atoms with van der Waals surface area (Å²) < 4.78 is 5.52. The van der Waals surface area contributed by atoms with Crippen molar-refractivity contribution in [2.45, 2.75) is 4.90 Å². The largest absolute Gasteiger partial charge is 0.451 e. The maximum absolute atomic E-state index is 12.1. The second-order valence-corrected chi connectivity index (χ2v) is 6.31. The van der Waals surface area contributed by atoms with Gasteiger partial charge in [-0.3, -0.25) is 4.79 Å². The quantitative estimate of drug-likeness (QED) is 0.548. The lowest BCUT2D eigenvalue weighted by atomic mass is 10.2. The summed E-state index contributed by atoms with van der Waals surface area (Å²) in [5, 5.41) is 4.31. The molecule has 0 bridgehead atoms. The number of carbonyl (C=O) groups is 1. The van der Waals surface area contributed by atoms with Crippen molar-refractivity contribution in [1.29, 1.82) is 0 Å². The average Bonchev–Trinajstić information content (AvgIpc) is 2.95. The minimum Gasteiger partial charge on any atom is -0.451 e. The Balaban J connectivity index is 1.54. The maximum Gasteiger partial charge on any atom is 0.287 e. The molecule has 0 unspecified atom stereocenters. The normalized spacial score (nSPS) is 10.8. The number of benzene rings is 2. The van der Waals surface area contributed by atoms with E-state index in [0.29, 0.717) is 22.9 Å². The highest BCUT2D eigenvalue weighted by Crippen LogP contribution is 2.23.